The average molecular weight is 271 g/mol. The highest BCUT2D eigenvalue weighted by atomic mass is 35.5. The van der Waals surface area contributed by atoms with Crippen LogP contribution < -0.4 is 4.90 Å². The van der Waals surface area contributed by atoms with Gasteiger partial charge in [-0.2, -0.15) is 0 Å². The molecule has 1 aromatic rings. The molecule has 1 saturated heterocycles. The van der Waals surface area contributed by atoms with Gasteiger partial charge in [-0.05, 0) is 12.1 Å². The van der Waals surface area contributed by atoms with Crippen LogP contribution in [0.2, 0.25) is 5.15 Å². The Labute approximate surface area is 108 Å². The molecule has 1 aliphatic rings. The minimum atomic E-state index is -0.0151. The lowest BCUT2D eigenvalue weighted by Crippen LogP contribution is -2.25. The number of hydrogen-bond donors (Lipinski definition) is 0. The fourth-order valence-corrected chi connectivity index (χ4v) is 2.94. The number of anilines is 1. The molecule has 17 heavy (non-hydrogen) atoms. The Bertz CT molecular complexity index is 467. The SMILES string of the molecule is CC(=O)SC1CC(=O)N(c2cccnc2Cl)C1. The van der Waals surface area contributed by atoms with Gasteiger partial charge >= 0.3 is 0 Å². The second-order valence-corrected chi connectivity index (χ2v) is 5.59. The maximum absolute atomic E-state index is 11.8. The predicted octanol–water partition coefficient (Wildman–Crippen LogP) is 2.12. The fraction of sp³-hybridized carbons (Fsp3) is 0.364. The number of carbonyl (C=O) groups excluding carboxylic acids is 2. The molecule has 0 saturated carbocycles. The van der Waals surface area contributed by atoms with E-state index in [1.54, 1.807) is 23.2 Å². The Balaban J connectivity index is 2.16. The molecule has 0 bridgehead atoms. The summed E-state index contributed by atoms with van der Waals surface area (Å²) in [5.74, 6) is -0.0151. The molecule has 0 aliphatic carbocycles. The highest BCUT2D eigenvalue weighted by Crippen LogP contribution is 2.31. The summed E-state index contributed by atoms with van der Waals surface area (Å²) in [6.07, 6.45) is 1.95. The highest BCUT2D eigenvalue weighted by molar-refractivity contribution is 8.14. The summed E-state index contributed by atoms with van der Waals surface area (Å²) < 4.78 is 0. The van der Waals surface area contributed by atoms with Crippen LogP contribution in [0.3, 0.4) is 0 Å². The highest BCUT2D eigenvalue weighted by Gasteiger charge is 2.32. The van der Waals surface area contributed by atoms with E-state index in [0.717, 1.165) is 0 Å². The first kappa shape index (κ1) is 12.4. The first-order chi connectivity index (χ1) is 8.08. The molecule has 0 aromatic carbocycles. The van der Waals surface area contributed by atoms with E-state index >= 15 is 0 Å². The summed E-state index contributed by atoms with van der Waals surface area (Å²) in [4.78, 5) is 28.4. The van der Waals surface area contributed by atoms with Crippen LogP contribution >= 0.6 is 23.4 Å². The topological polar surface area (TPSA) is 50.3 Å². The van der Waals surface area contributed by atoms with Crippen LogP contribution in [-0.4, -0.2) is 27.8 Å². The van der Waals surface area contributed by atoms with Crippen molar-refractivity contribution < 1.29 is 9.59 Å². The lowest BCUT2D eigenvalue weighted by molar-refractivity contribution is -0.117. The summed E-state index contributed by atoms with van der Waals surface area (Å²) in [6.45, 7) is 2.02. The Hall–Kier alpha value is -1.07. The zero-order valence-corrected chi connectivity index (χ0v) is 10.8. The standard InChI is InChI=1S/C11H11ClN2O2S/c1-7(15)17-8-5-10(16)14(6-8)9-3-2-4-13-11(9)12/h2-4,8H,5-6H2,1H3. The van der Waals surface area contributed by atoms with Crippen molar-refractivity contribution in [2.75, 3.05) is 11.4 Å². The van der Waals surface area contributed by atoms with Crippen molar-refractivity contribution in [3.8, 4) is 0 Å². The first-order valence-corrected chi connectivity index (χ1v) is 6.42. The number of nitrogens with zero attached hydrogens (tertiary/aromatic N) is 2. The Morgan fingerprint density at radius 3 is 3.06 bits per heavy atom. The molecule has 6 heteroatoms. The van der Waals surface area contributed by atoms with E-state index in [2.05, 4.69) is 4.98 Å². The molecule has 1 amide bonds. The van der Waals surface area contributed by atoms with Crippen molar-refractivity contribution in [1.82, 2.24) is 4.98 Å². The molecule has 1 unspecified atom stereocenters. The zero-order valence-electron chi connectivity index (χ0n) is 9.22. The first-order valence-electron chi connectivity index (χ1n) is 5.16. The van der Waals surface area contributed by atoms with Crippen molar-refractivity contribution in [3.63, 3.8) is 0 Å². The lowest BCUT2D eigenvalue weighted by atomic mass is 10.4. The van der Waals surface area contributed by atoms with E-state index in [1.807, 2.05) is 0 Å². The van der Waals surface area contributed by atoms with Gasteiger partial charge in [0.1, 0.15) is 0 Å². The number of aromatic nitrogens is 1. The van der Waals surface area contributed by atoms with Gasteiger partial charge in [-0.15, -0.1) is 0 Å². The molecule has 1 aliphatic heterocycles. The van der Waals surface area contributed by atoms with Crippen molar-refractivity contribution >= 4 is 40.1 Å². The van der Waals surface area contributed by atoms with Crippen molar-refractivity contribution in [2.24, 2.45) is 0 Å². The third-order valence-corrected chi connectivity index (χ3v) is 3.72. The molecule has 90 valence electrons. The van der Waals surface area contributed by atoms with E-state index in [-0.39, 0.29) is 16.3 Å². The fourth-order valence-electron chi connectivity index (χ4n) is 1.80. The lowest BCUT2D eigenvalue weighted by Gasteiger charge is -2.16. The van der Waals surface area contributed by atoms with Gasteiger partial charge in [0.05, 0.1) is 5.69 Å². The summed E-state index contributed by atoms with van der Waals surface area (Å²) in [6, 6.07) is 3.49. The van der Waals surface area contributed by atoms with E-state index in [9.17, 15) is 9.59 Å². The summed E-state index contributed by atoms with van der Waals surface area (Å²) in [5, 5.41) is 0.354. The van der Waals surface area contributed by atoms with Gasteiger partial charge in [-0.25, -0.2) is 4.98 Å². The summed E-state index contributed by atoms with van der Waals surface area (Å²) in [7, 11) is 0. The Morgan fingerprint density at radius 1 is 1.65 bits per heavy atom. The van der Waals surface area contributed by atoms with Crippen LogP contribution in [0.25, 0.3) is 0 Å². The van der Waals surface area contributed by atoms with E-state index < -0.39 is 0 Å². The zero-order chi connectivity index (χ0) is 12.4. The van der Waals surface area contributed by atoms with E-state index in [1.165, 1.54) is 18.7 Å². The number of hydrogen-bond acceptors (Lipinski definition) is 4. The number of pyridine rings is 1. The van der Waals surface area contributed by atoms with Gasteiger partial charge in [-0.1, -0.05) is 23.4 Å². The third kappa shape index (κ3) is 2.79. The monoisotopic (exact) mass is 270 g/mol. The summed E-state index contributed by atoms with van der Waals surface area (Å²) >= 11 is 7.15. The van der Waals surface area contributed by atoms with Crippen molar-refractivity contribution in [1.29, 1.82) is 0 Å². The molecule has 2 heterocycles. The second-order valence-electron chi connectivity index (χ2n) is 3.75. The smallest absolute Gasteiger partial charge is 0.228 e. The van der Waals surface area contributed by atoms with Gasteiger partial charge in [0.25, 0.3) is 0 Å². The molecule has 1 atom stereocenters. The van der Waals surface area contributed by atoms with Crippen molar-refractivity contribution in [3.05, 3.63) is 23.5 Å². The third-order valence-electron chi connectivity index (χ3n) is 2.45. The van der Waals surface area contributed by atoms with Crippen LogP contribution in [0.5, 0.6) is 0 Å². The van der Waals surface area contributed by atoms with Crippen LogP contribution in [0.1, 0.15) is 13.3 Å². The average Bonchev–Trinajstić information content (AvgIpc) is 2.59. The van der Waals surface area contributed by atoms with Crippen LogP contribution in [-0.2, 0) is 9.59 Å². The minimum Gasteiger partial charge on any atom is -0.308 e. The number of carbonyl (C=O) groups is 2. The van der Waals surface area contributed by atoms with Crippen molar-refractivity contribution in [2.45, 2.75) is 18.6 Å². The Kier molecular flexibility index (Phi) is 3.69. The number of halogens is 1. The quantitative estimate of drug-likeness (QED) is 0.773. The molecule has 0 radical (unpaired) electrons. The maximum Gasteiger partial charge on any atom is 0.228 e. The van der Waals surface area contributed by atoms with E-state index in [0.29, 0.717) is 23.8 Å². The molecule has 1 aromatic heterocycles. The van der Waals surface area contributed by atoms with E-state index in [4.69, 9.17) is 11.6 Å². The van der Waals surface area contributed by atoms with Gasteiger partial charge in [-0.3, -0.25) is 9.59 Å². The Morgan fingerprint density at radius 2 is 2.41 bits per heavy atom. The minimum absolute atomic E-state index is 0.0104. The molecule has 2 rings (SSSR count). The molecule has 0 spiro atoms. The molecular weight excluding hydrogens is 260 g/mol. The second kappa shape index (κ2) is 5.06. The van der Waals surface area contributed by atoms with Crippen LogP contribution in [0.15, 0.2) is 18.3 Å². The van der Waals surface area contributed by atoms with Crippen LogP contribution in [0, 0.1) is 0 Å². The van der Waals surface area contributed by atoms with Gasteiger partial charge in [0, 0.05) is 31.3 Å². The molecule has 0 N–H and O–H groups in total. The van der Waals surface area contributed by atoms with Gasteiger partial charge < -0.3 is 4.90 Å². The van der Waals surface area contributed by atoms with Crippen LogP contribution in [0.4, 0.5) is 5.69 Å². The van der Waals surface area contributed by atoms with Gasteiger partial charge in [0.15, 0.2) is 10.3 Å². The number of amides is 1. The summed E-state index contributed by atoms with van der Waals surface area (Å²) in [5.41, 5.74) is 0.616. The largest absolute Gasteiger partial charge is 0.308 e. The predicted molar refractivity (Wildman–Crippen MR) is 68.3 cm³/mol. The van der Waals surface area contributed by atoms with Gasteiger partial charge in [0.2, 0.25) is 5.91 Å². The molecular formula is C11H11ClN2O2S. The normalized spacial score (nSPS) is 19.8. The number of rotatable bonds is 2. The molecule has 4 nitrogen and oxygen atoms in total. The molecule has 1 fully saturated rings. The number of thioether (sulfide) groups is 1. The maximum atomic E-state index is 11.8.